The monoisotopic (exact) mass is 254 g/mol. The molecule has 18 heavy (non-hydrogen) atoms. The molecule has 1 atom stereocenters. The number of nitrogens with zero attached hydrogens (tertiary/aromatic N) is 3. The van der Waals surface area contributed by atoms with E-state index in [0.29, 0.717) is 12.5 Å². The summed E-state index contributed by atoms with van der Waals surface area (Å²) in [5, 5.41) is 3.32. The van der Waals surface area contributed by atoms with Crippen molar-refractivity contribution in [3.8, 4) is 18.0 Å². The number of ether oxygens (including phenoxy) is 3. The predicted octanol–water partition coefficient (Wildman–Crippen LogP) is 0.267. The van der Waals surface area contributed by atoms with Crippen molar-refractivity contribution in [1.82, 2.24) is 20.3 Å². The largest absolute Gasteiger partial charge is 0.467 e. The summed E-state index contributed by atoms with van der Waals surface area (Å²) in [4.78, 5) is 11.9. The van der Waals surface area contributed by atoms with Gasteiger partial charge in [0.2, 0.25) is 0 Å². The van der Waals surface area contributed by atoms with Gasteiger partial charge < -0.3 is 19.5 Å². The van der Waals surface area contributed by atoms with Crippen LogP contribution in [0.5, 0.6) is 18.0 Å². The van der Waals surface area contributed by atoms with Gasteiger partial charge in [0.1, 0.15) is 0 Å². The van der Waals surface area contributed by atoms with Crippen molar-refractivity contribution in [2.75, 3.05) is 33.9 Å². The highest BCUT2D eigenvalue weighted by Crippen LogP contribution is 2.16. The van der Waals surface area contributed by atoms with Gasteiger partial charge in [0.15, 0.2) is 0 Å². The molecule has 1 aliphatic heterocycles. The van der Waals surface area contributed by atoms with Crippen molar-refractivity contribution >= 4 is 0 Å². The minimum absolute atomic E-state index is 0.194. The summed E-state index contributed by atoms with van der Waals surface area (Å²) in [5.41, 5.74) is 0. The van der Waals surface area contributed by atoms with Gasteiger partial charge in [-0.1, -0.05) is 0 Å². The maximum absolute atomic E-state index is 5.50. The lowest BCUT2D eigenvalue weighted by molar-refractivity contribution is 0.247. The molecule has 0 aliphatic carbocycles. The van der Waals surface area contributed by atoms with E-state index in [4.69, 9.17) is 14.2 Å². The molecule has 100 valence electrons. The standard InChI is InChI=1S/C11H18N4O3/c1-16-9-13-10(17-2)15-11(14-9)18-6-4-8-3-5-12-7-8/h8,12H,3-7H2,1-2H3. The highest BCUT2D eigenvalue weighted by molar-refractivity contribution is 5.08. The highest BCUT2D eigenvalue weighted by atomic mass is 16.5. The molecule has 1 fully saturated rings. The molecule has 2 heterocycles. The molecular weight excluding hydrogens is 236 g/mol. The van der Waals surface area contributed by atoms with E-state index in [1.807, 2.05) is 0 Å². The lowest BCUT2D eigenvalue weighted by Gasteiger charge is -2.09. The first-order chi connectivity index (χ1) is 8.81. The first-order valence-corrected chi connectivity index (χ1v) is 5.99. The van der Waals surface area contributed by atoms with Gasteiger partial charge in [0.05, 0.1) is 20.8 Å². The van der Waals surface area contributed by atoms with Crippen LogP contribution in [-0.2, 0) is 0 Å². The van der Waals surface area contributed by atoms with Crippen molar-refractivity contribution in [2.45, 2.75) is 12.8 Å². The lowest BCUT2D eigenvalue weighted by Crippen LogP contribution is -2.12. The normalized spacial score (nSPS) is 18.7. The topological polar surface area (TPSA) is 78.4 Å². The number of rotatable bonds is 6. The van der Waals surface area contributed by atoms with Gasteiger partial charge in [-0.3, -0.25) is 0 Å². The summed E-state index contributed by atoms with van der Waals surface area (Å²) >= 11 is 0. The molecular formula is C11H18N4O3. The Morgan fingerprint density at radius 3 is 2.33 bits per heavy atom. The van der Waals surface area contributed by atoms with Crippen LogP contribution in [0.15, 0.2) is 0 Å². The minimum Gasteiger partial charge on any atom is -0.467 e. The van der Waals surface area contributed by atoms with Crippen LogP contribution in [0.2, 0.25) is 0 Å². The molecule has 1 aromatic heterocycles. The van der Waals surface area contributed by atoms with Crippen molar-refractivity contribution in [3.63, 3.8) is 0 Å². The third kappa shape index (κ3) is 3.43. The Labute approximate surface area is 106 Å². The number of hydrogen-bond acceptors (Lipinski definition) is 7. The zero-order valence-corrected chi connectivity index (χ0v) is 10.7. The molecule has 0 bridgehead atoms. The SMILES string of the molecule is COc1nc(OC)nc(OCCC2CCNC2)n1. The zero-order chi connectivity index (χ0) is 12.8. The Balaban J connectivity index is 1.87. The van der Waals surface area contributed by atoms with Gasteiger partial charge >= 0.3 is 18.0 Å². The number of methoxy groups -OCH3 is 2. The average molecular weight is 254 g/mol. The first-order valence-electron chi connectivity index (χ1n) is 5.99. The van der Waals surface area contributed by atoms with E-state index in [0.717, 1.165) is 19.5 Å². The van der Waals surface area contributed by atoms with Crippen molar-refractivity contribution in [2.24, 2.45) is 5.92 Å². The lowest BCUT2D eigenvalue weighted by atomic mass is 10.1. The number of hydrogen-bond donors (Lipinski definition) is 1. The molecule has 1 aliphatic rings. The van der Waals surface area contributed by atoms with Crippen LogP contribution < -0.4 is 19.5 Å². The summed E-state index contributed by atoms with van der Waals surface area (Å²) in [5.74, 6) is 0.677. The summed E-state index contributed by atoms with van der Waals surface area (Å²) in [6.45, 7) is 2.74. The Morgan fingerprint density at radius 2 is 1.78 bits per heavy atom. The summed E-state index contributed by atoms with van der Waals surface area (Å²) in [6.07, 6.45) is 2.19. The molecule has 0 aromatic carbocycles. The Kier molecular flexibility index (Phi) is 4.52. The smallest absolute Gasteiger partial charge is 0.325 e. The van der Waals surface area contributed by atoms with E-state index in [-0.39, 0.29) is 18.0 Å². The third-order valence-corrected chi connectivity index (χ3v) is 2.86. The molecule has 0 amide bonds. The second kappa shape index (κ2) is 6.34. The van der Waals surface area contributed by atoms with Gasteiger partial charge in [-0.25, -0.2) is 0 Å². The molecule has 0 saturated carbocycles. The second-order valence-electron chi connectivity index (χ2n) is 4.09. The quantitative estimate of drug-likeness (QED) is 0.780. The minimum atomic E-state index is 0.194. The van der Waals surface area contributed by atoms with Gasteiger partial charge in [-0.05, 0) is 31.8 Å². The molecule has 0 radical (unpaired) electrons. The number of nitrogens with one attached hydrogen (secondary N) is 1. The van der Waals surface area contributed by atoms with E-state index < -0.39 is 0 Å². The van der Waals surface area contributed by atoms with E-state index in [9.17, 15) is 0 Å². The van der Waals surface area contributed by atoms with Crippen LogP contribution in [0.4, 0.5) is 0 Å². The third-order valence-electron chi connectivity index (χ3n) is 2.86. The molecule has 1 unspecified atom stereocenters. The van der Waals surface area contributed by atoms with Gasteiger partial charge in [0.25, 0.3) is 0 Å². The fraction of sp³-hybridized carbons (Fsp3) is 0.727. The Bertz CT molecular complexity index is 360. The first kappa shape index (κ1) is 12.8. The molecule has 1 aromatic rings. The molecule has 1 saturated heterocycles. The van der Waals surface area contributed by atoms with Crippen LogP contribution in [-0.4, -0.2) is 48.9 Å². The second-order valence-corrected chi connectivity index (χ2v) is 4.09. The van der Waals surface area contributed by atoms with E-state index in [1.165, 1.54) is 20.6 Å². The molecule has 1 N–H and O–H groups in total. The maximum atomic E-state index is 5.50. The van der Waals surface area contributed by atoms with Crippen LogP contribution in [0.25, 0.3) is 0 Å². The molecule has 7 heteroatoms. The highest BCUT2D eigenvalue weighted by Gasteiger charge is 2.15. The Hall–Kier alpha value is -1.63. The fourth-order valence-corrected chi connectivity index (χ4v) is 1.85. The summed E-state index contributed by atoms with van der Waals surface area (Å²) in [6, 6.07) is 0.628. The van der Waals surface area contributed by atoms with E-state index in [2.05, 4.69) is 20.3 Å². The summed E-state index contributed by atoms with van der Waals surface area (Å²) < 4.78 is 15.4. The predicted molar refractivity (Wildman–Crippen MR) is 64.0 cm³/mol. The van der Waals surface area contributed by atoms with Crippen LogP contribution in [0.1, 0.15) is 12.8 Å². The van der Waals surface area contributed by atoms with Gasteiger partial charge in [-0.2, -0.15) is 0 Å². The maximum Gasteiger partial charge on any atom is 0.325 e. The van der Waals surface area contributed by atoms with Crippen molar-refractivity contribution < 1.29 is 14.2 Å². The van der Waals surface area contributed by atoms with Crippen LogP contribution in [0, 0.1) is 5.92 Å². The fourth-order valence-electron chi connectivity index (χ4n) is 1.85. The van der Waals surface area contributed by atoms with Gasteiger partial charge in [0, 0.05) is 0 Å². The van der Waals surface area contributed by atoms with E-state index >= 15 is 0 Å². The van der Waals surface area contributed by atoms with Crippen LogP contribution in [0.3, 0.4) is 0 Å². The van der Waals surface area contributed by atoms with Crippen molar-refractivity contribution in [3.05, 3.63) is 0 Å². The zero-order valence-electron chi connectivity index (χ0n) is 10.7. The molecule has 0 spiro atoms. The average Bonchev–Trinajstić information content (AvgIpc) is 2.91. The molecule has 2 rings (SSSR count). The van der Waals surface area contributed by atoms with Gasteiger partial charge in [-0.15, -0.1) is 15.0 Å². The van der Waals surface area contributed by atoms with Crippen molar-refractivity contribution in [1.29, 1.82) is 0 Å². The Morgan fingerprint density at radius 1 is 1.11 bits per heavy atom. The number of aromatic nitrogens is 3. The van der Waals surface area contributed by atoms with E-state index in [1.54, 1.807) is 0 Å². The van der Waals surface area contributed by atoms with Crippen LogP contribution >= 0.6 is 0 Å². The molecule has 7 nitrogen and oxygen atoms in total. The summed E-state index contributed by atoms with van der Waals surface area (Å²) in [7, 11) is 2.98.